The zero-order valence-electron chi connectivity index (χ0n) is 14.2. The van der Waals surface area contributed by atoms with Crippen LogP contribution in [0.2, 0.25) is 0 Å². The summed E-state index contributed by atoms with van der Waals surface area (Å²) in [6.45, 7) is 3.50. The maximum absolute atomic E-state index is 12.0. The molecule has 0 saturated carbocycles. The van der Waals surface area contributed by atoms with Gasteiger partial charge in [-0.1, -0.05) is 0 Å². The first-order valence-corrected chi connectivity index (χ1v) is 8.30. The van der Waals surface area contributed by atoms with Crippen LogP contribution in [0.15, 0.2) is 23.3 Å². The maximum atomic E-state index is 12.0. The molecule has 27 heavy (non-hydrogen) atoms. The van der Waals surface area contributed by atoms with E-state index in [0.717, 1.165) is 11.3 Å². The molecule has 1 N–H and O–H groups in total. The van der Waals surface area contributed by atoms with Crippen molar-refractivity contribution >= 4 is 34.4 Å². The molecule has 0 aliphatic carbocycles. The molecule has 0 aliphatic rings. The molecule has 2 rings (SSSR count). The van der Waals surface area contributed by atoms with Crippen molar-refractivity contribution < 1.29 is 14.5 Å². The summed E-state index contributed by atoms with van der Waals surface area (Å²) in [6, 6.07) is 7.08. The first-order valence-electron chi connectivity index (χ1n) is 7.48. The lowest BCUT2D eigenvalue weighted by molar-refractivity contribution is -0.384. The summed E-state index contributed by atoms with van der Waals surface area (Å²) in [4.78, 5) is 27.1. The Morgan fingerprint density at radius 1 is 1.44 bits per heavy atom. The zero-order valence-corrected chi connectivity index (χ0v) is 15.0. The van der Waals surface area contributed by atoms with Crippen LogP contribution in [-0.4, -0.2) is 28.2 Å². The van der Waals surface area contributed by atoms with Gasteiger partial charge < -0.3 is 4.74 Å². The van der Waals surface area contributed by atoms with Crippen LogP contribution in [0.4, 0.5) is 11.4 Å². The van der Waals surface area contributed by atoms with Gasteiger partial charge >= 0.3 is 5.97 Å². The fraction of sp³-hybridized carbons (Fsp3) is 0.188. The minimum absolute atomic E-state index is 0.189. The topological polar surface area (TPSA) is 154 Å². The van der Waals surface area contributed by atoms with Crippen LogP contribution >= 0.6 is 11.3 Å². The van der Waals surface area contributed by atoms with Crippen molar-refractivity contribution in [3.05, 3.63) is 38.9 Å². The van der Waals surface area contributed by atoms with E-state index in [-0.39, 0.29) is 22.9 Å². The van der Waals surface area contributed by atoms with E-state index in [1.807, 2.05) is 0 Å². The molecule has 0 saturated heterocycles. The van der Waals surface area contributed by atoms with Crippen molar-refractivity contribution in [2.45, 2.75) is 13.8 Å². The summed E-state index contributed by atoms with van der Waals surface area (Å²) in [6.07, 6.45) is 0. The number of nitro benzene ring substituents is 1. The van der Waals surface area contributed by atoms with Crippen molar-refractivity contribution in [3.63, 3.8) is 0 Å². The van der Waals surface area contributed by atoms with Gasteiger partial charge in [0.2, 0.25) is 5.71 Å². The van der Waals surface area contributed by atoms with E-state index in [2.05, 4.69) is 15.5 Å². The Kier molecular flexibility index (Phi) is 6.14. The third-order valence-electron chi connectivity index (χ3n) is 3.20. The Labute approximate surface area is 157 Å². The Morgan fingerprint density at radius 2 is 2.15 bits per heavy atom. The number of esters is 1. The Bertz CT molecular complexity index is 999. The number of nitrogens with zero attached hydrogens (tertiary/aromatic N) is 5. The molecule has 0 bridgehead atoms. The van der Waals surface area contributed by atoms with Gasteiger partial charge in [0.1, 0.15) is 22.0 Å². The van der Waals surface area contributed by atoms with Crippen LogP contribution < -0.4 is 5.43 Å². The van der Waals surface area contributed by atoms with Crippen LogP contribution in [0.5, 0.6) is 0 Å². The number of thiazole rings is 1. The predicted octanol–water partition coefficient (Wildman–Crippen LogP) is 3.02. The van der Waals surface area contributed by atoms with E-state index in [1.54, 1.807) is 26.0 Å². The Hall–Kier alpha value is -3.83. The summed E-state index contributed by atoms with van der Waals surface area (Å²) in [7, 11) is 0. The van der Waals surface area contributed by atoms with E-state index >= 15 is 0 Å². The number of anilines is 1. The molecule has 0 amide bonds. The number of ether oxygens (including phenoxy) is 1. The third kappa shape index (κ3) is 4.42. The summed E-state index contributed by atoms with van der Waals surface area (Å²) < 4.78 is 4.97. The van der Waals surface area contributed by atoms with Gasteiger partial charge in [-0.2, -0.15) is 15.6 Å². The van der Waals surface area contributed by atoms with Gasteiger partial charge in [-0.15, -0.1) is 11.3 Å². The monoisotopic (exact) mass is 384 g/mol. The molecule has 0 spiro atoms. The fourth-order valence-electron chi connectivity index (χ4n) is 2.01. The highest BCUT2D eigenvalue weighted by atomic mass is 32.1. The molecule has 1 heterocycles. The summed E-state index contributed by atoms with van der Waals surface area (Å²) in [5, 5.41) is 32.6. The van der Waals surface area contributed by atoms with Gasteiger partial charge in [-0.05, 0) is 19.9 Å². The van der Waals surface area contributed by atoms with Crippen molar-refractivity contribution in [2.75, 3.05) is 12.0 Å². The largest absolute Gasteiger partial charge is 0.462 e. The minimum atomic E-state index is -0.570. The number of nitrogens with one attached hydrogen (secondary N) is 1. The Balaban J connectivity index is 2.55. The molecular weight excluding hydrogens is 372 g/mol. The van der Waals surface area contributed by atoms with Crippen molar-refractivity contribution in [3.8, 4) is 22.7 Å². The zero-order chi connectivity index (χ0) is 20.0. The number of carbonyl (C=O) groups is 1. The highest BCUT2D eigenvalue weighted by Gasteiger charge is 2.21. The van der Waals surface area contributed by atoms with E-state index in [4.69, 9.17) is 15.3 Å². The second-order valence-electron chi connectivity index (χ2n) is 4.94. The summed E-state index contributed by atoms with van der Waals surface area (Å²) in [5.41, 5.74) is 2.93. The third-order valence-corrected chi connectivity index (χ3v) is 4.37. The molecule has 10 nitrogen and oxygen atoms in total. The van der Waals surface area contributed by atoms with Gasteiger partial charge in [-0.25, -0.2) is 9.78 Å². The number of hydrogen-bond acceptors (Lipinski definition) is 10. The molecule has 0 aliphatic heterocycles. The maximum Gasteiger partial charge on any atom is 0.350 e. The van der Waals surface area contributed by atoms with Gasteiger partial charge in [0.15, 0.2) is 0 Å². The normalized spacial score (nSPS) is 9.63. The molecule has 1 aromatic heterocycles. The quantitative estimate of drug-likeness (QED) is 0.345. The number of nitriles is 2. The van der Waals surface area contributed by atoms with Gasteiger partial charge in [0.05, 0.1) is 22.9 Å². The first-order chi connectivity index (χ1) is 12.9. The number of hydrogen-bond donors (Lipinski definition) is 1. The Morgan fingerprint density at radius 3 is 2.74 bits per heavy atom. The number of benzene rings is 1. The highest BCUT2D eigenvalue weighted by molar-refractivity contribution is 7.17. The molecule has 0 fully saturated rings. The SMILES string of the molecule is CCOC(=O)c1sc(-c2cc([N+](=O)[O-])ccc2NN=C(C#N)C#N)nc1C. The van der Waals surface area contributed by atoms with Gasteiger partial charge in [-0.3, -0.25) is 15.5 Å². The van der Waals surface area contributed by atoms with Crippen molar-refractivity contribution in [2.24, 2.45) is 5.10 Å². The summed E-state index contributed by atoms with van der Waals surface area (Å²) in [5.74, 6) is -0.534. The van der Waals surface area contributed by atoms with E-state index < -0.39 is 16.6 Å². The molecule has 136 valence electrons. The van der Waals surface area contributed by atoms with E-state index in [1.165, 1.54) is 18.2 Å². The van der Waals surface area contributed by atoms with Crippen LogP contribution in [-0.2, 0) is 4.74 Å². The lowest BCUT2D eigenvalue weighted by Gasteiger charge is -2.06. The first kappa shape index (κ1) is 19.5. The predicted molar refractivity (Wildman–Crippen MR) is 97.2 cm³/mol. The van der Waals surface area contributed by atoms with Crippen LogP contribution in [0.25, 0.3) is 10.6 Å². The number of aryl methyl sites for hydroxylation is 1. The van der Waals surface area contributed by atoms with Gasteiger partial charge in [0.25, 0.3) is 5.69 Å². The number of non-ortho nitro benzene ring substituents is 1. The molecular formula is C16H12N6O4S. The average molecular weight is 384 g/mol. The van der Waals surface area contributed by atoms with Gasteiger partial charge in [0, 0.05) is 17.7 Å². The standard InChI is InChI=1S/C16H12N6O4S/c1-3-26-16(23)14-9(2)19-15(27-14)12-6-11(22(24)25)4-5-13(12)21-20-10(7-17)8-18/h4-6,21H,3H2,1-2H3. The highest BCUT2D eigenvalue weighted by Crippen LogP contribution is 2.36. The lowest BCUT2D eigenvalue weighted by atomic mass is 10.1. The molecule has 2 aromatic rings. The van der Waals surface area contributed by atoms with Crippen LogP contribution in [0, 0.1) is 39.7 Å². The number of aromatic nitrogens is 1. The smallest absolute Gasteiger partial charge is 0.350 e. The number of rotatable bonds is 6. The molecule has 11 heteroatoms. The lowest BCUT2D eigenvalue weighted by Crippen LogP contribution is -2.03. The average Bonchev–Trinajstić information content (AvgIpc) is 3.04. The van der Waals surface area contributed by atoms with Crippen molar-refractivity contribution in [1.29, 1.82) is 10.5 Å². The van der Waals surface area contributed by atoms with Crippen LogP contribution in [0.1, 0.15) is 22.3 Å². The van der Waals surface area contributed by atoms with Crippen LogP contribution in [0.3, 0.4) is 0 Å². The molecule has 0 radical (unpaired) electrons. The fourth-order valence-corrected chi connectivity index (χ4v) is 3.00. The summed E-state index contributed by atoms with van der Waals surface area (Å²) >= 11 is 1.01. The molecule has 1 aromatic carbocycles. The van der Waals surface area contributed by atoms with Crippen molar-refractivity contribution in [1.82, 2.24) is 4.98 Å². The minimum Gasteiger partial charge on any atom is -0.462 e. The number of carbonyl (C=O) groups excluding carboxylic acids is 1. The number of nitro groups is 1. The second-order valence-corrected chi connectivity index (χ2v) is 5.94. The van der Waals surface area contributed by atoms with E-state index in [0.29, 0.717) is 16.3 Å². The van der Waals surface area contributed by atoms with E-state index in [9.17, 15) is 14.9 Å². The number of hydrazone groups is 1. The second kappa shape index (κ2) is 8.51. The molecule has 0 unspecified atom stereocenters. The molecule has 0 atom stereocenters.